The standard InChI is InChI=1S/C53H34N4O/c1-4-15-35(16-5-1)37-29-31-42(32-30-37)57(41-21-8-3-9-22-41)47-34-48-49(44-24-13-12-23-43(44)47)45-25-14-26-46(50(45)58-48)53-55-51(38-18-6-2-7-19-38)54-52(56-53)40-28-27-36-17-10-11-20-39(36)33-40/h1-34H. The molecule has 5 nitrogen and oxygen atoms in total. The van der Waals surface area contributed by atoms with Gasteiger partial charge in [-0.15, -0.1) is 0 Å². The Balaban J connectivity index is 1.12. The number of para-hydroxylation sites is 2. The van der Waals surface area contributed by atoms with Gasteiger partial charge in [-0.3, -0.25) is 0 Å². The molecule has 0 unspecified atom stereocenters. The van der Waals surface area contributed by atoms with E-state index in [2.05, 4.69) is 169 Å². The summed E-state index contributed by atoms with van der Waals surface area (Å²) < 4.78 is 7.01. The van der Waals surface area contributed by atoms with Crippen molar-refractivity contribution in [2.24, 2.45) is 0 Å². The van der Waals surface area contributed by atoms with Crippen molar-refractivity contribution >= 4 is 60.5 Å². The Morgan fingerprint density at radius 2 is 0.914 bits per heavy atom. The lowest BCUT2D eigenvalue weighted by atomic mass is 9.99. The average Bonchev–Trinajstić information content (AvgIpc) is 3.69. The Hall–Kier alpha value is -7.89. The maximum Gasteiger partial charge on any atom is 0.167 e. The maximum atomic E-state index is 7.01. The summed E-state index contributed by atoms with van der Waals surface area (Å²) in [7, 11) is 0. The molecule has 11 rings (SSSR count). The van der Waals surface area contributed by atoms with E-state index in [-0.39, 0.29) is 0 Å². The molecule has 9 aromatic carbocycles. The zero-order valence-electron chi connectivity index (χ0n) is 31.3. The summed E-state index contributed by atoms with van der Waals surface area (Å²) in [5.74, 6) is 1.76. The number of hydrogen-bond acceptors (Lipinski definition) is 5. The van der Waals surface area contributed by atoms with Gasteiger partial charge in [-0.2, -0.15) is 0 Å². The van der Waals surface area contributed by atoms with Gasteiger partial charge in [0.15, 0.2) is 17.5 Å². The van der Waals surface area contributed by atoms with Crippen LogP contribution in [0.1, 0.15) is 0 Å². The van der Waals surface area contributed by atoms with E-state index < -0.39 is 0 Å². The van der Waals surface area contributed by atoms with E-state index in [1.165, 1.54) is 11.1 Å². The number of benzene rings is 9. The predicted molar refractivity (Wildman–Crippen MR) is 239 cm³/mol. The lowest BCUT2D eigenvalue weighted by Gasteiger charge is -2.27. The van der Waals surface area contributed by atoms with E-state index in [0.717, 1.165) is 77.2 Å². The molecule has 0 atom stereocenters. The van der Waals surface area contributed by atoms with Crippen LogP contribution < -0.4 is 4.90 Å². The highest BCUT2D eigenvalue weighted by atomic mass is 16.3. The van der Waals surface area contributed by atoms with Crippen LogP contribution in [-0.4, -0.2) is 15.0 Å². The number of furan rings is 1. The minimum absolute atomic E-state index is 0.551. The second-order valence-electron chi connectivity index (χ2n) is 14.4. The van der Waals surface area contributed by atoms with Crippen LogP contribution in [-0.2, 0) is 0 Å². The summed E-state index contributed by atoms with van der Waals surface area (Å²) in [5.41, 5.74) is 9.62. The number of hydrogen-bond donors (Lipinski definition) is 0. The van der Waals surface area contributed by atoms with Crippen LogP contribution in [0.5, 0.6) is 0 Å². The van der Waals surface area contributed by atoms with Gasteiger partial charge in [-0.05, 0) is 63.7 Å². The van der Waals surface area contributed by atoms with Crippen LogP contribution >= 0.6 is 0 Å². The van der Waals surface area contributed by atoms with Crippen LogP contribution in [0, 0.1) is 0 Å². The molecule has 0 aliphatic heterocycles. The molecule has 0 radical (unpaired) electrons. The fourth-order valence-corrected chi connectivity index (χ4v) is 8.11. The third-order valence-corrected chi connectivity index (χ3v) is 10.9. The summed E-state index contributed by atoms with van der Waals surface area (Å²) in [6.07, 6.45) is 0. The summed E-state index contributed by atoms with van der Waals surface area (Å²) in [5, 5.41) is 6.56. The lowest BCUT2D eigenvalue weighted by molar-refractivity contribution is 0.670. The summed E-state index contributed by atoms with van der Waals surface area (Å²) in [6.45, 7) is 0. The van der Waals surface area contributed by atoms with Crippen molar-refractivity contribution < 1.29 is 4.42 Å². The van der Waals surface area contributed by atoms with E-state index in [1.54, 1.807) is 0 Å². The second kappa shape index (κ2) is 14.0. The Kier molecular flexibility index (Phi) is 8.07. The molecule has 0 saturated carbocycles. The van der Waals surface area contributed by atoms with Crippen LogP contribution in [0.25, 0.3) is 88.8 Å². The third kappa shape index (κ3) is 5.85. The SMILES string of the molecule is c1ccc(-c2ccc(N(c3ccccc3)c3cc4oc5c(-c6nc(-c7ccccc7)nc(-c7ccc8ccccc8c7)n6)cccc5c4c4ccccc34)cc2)cc1. The van der Waals surface area contributed by atoms with Crippen molar-refractivity contribution in [3.05, 3.63) is 206 Å². The molecule has 272 valence electrons. The molecule has 5 heteroatoms. The lowest BCUT2D eigenvalue weighted by Crippen LogP contribution is -2.10. The van der Waals surface area contributed by atoms with Gasteiger partial charge in [0.2, 0.25) is 0 Å². The summed E-state index contributed by atoms with van der Waals surface area (Å²) >= 11 is 0. The minimum Gasteiger partial charge on any atom is -0.455 e. The molecule has 0 bridgehead atoms. The van der Waals surface area contributed by atoms with Crippen LogP contribution in [0.3, 0.4) is 0 Å². The van der Waals surface area contributed by atoms with Gasteiger partial charge in [0.25, 0.3) is 0 Å². The van der Waals surface area contributed by atoms with Gasteiger partial charge in [0.05, 0.1) is 11.3 Å². The molecule has 0 aliphatic rings. The van der Waals surface area contributed by atoms with E-state index in [4.69, 9.17) is 19.4 Å². The number of nitrogens with zero attached hydrogens (tertiary/aromatic N) is 4. The minimum atomic E-state index is 0.551. The number of rotatable bonds is 7. The van der Waals surface area contributed by atoms with Gasteiger partial charge in [0.1, 0.15) is 11.2 Å². The highest BCUT2D eigenvalue weighted by Crippen LogP contribution is 2.46. The third-order valence-electron chi connectivity index (χ3n) is 10.9. The second-order valence-corrected chi connectivity index (χ2v) is 14.4. The van der Waals surface area contributed by atoms with Gasteiger partial charge < -0.3 is 9.32 Å². The van der Waals surface area contributed by atoms with E-state index in [1.807, 2.05) is 42.5 Å². The first-order valence-corrected chi connectivity index (χ1v) is 19.4. The average molecular weight is 743 g/mol. The van der Waals surface area contributed by atoms with Crippen LogP contribution in [0.2, 0.25) is 0 Å². The maximum absolute atomic E-state index is 7.01. The topological polar surface area (TPSA) is 55.1 Å². The molecule has 0 spiro atoms. The van der Waals surface area contributed by atoms with E-state index in [0.29, 0.717) is 17.5 Å². The van der Waals surface area contributed by atoms with Gasteiger partial charge >= 0.3 is 0 Å². The Bertz CT molecular complexity index is 3270. The smallest absolute Gasteiger partial charge is 0.167 e. The van der Waals surface area contributed by atoms with Crippen molar-refractivity contribution in [3.63, 3.8) is 0 Å². The van der Waals surface area contributed by atoms with Crippen molar-refractivity contribution in [2.75, 3.05) is 4.90 Å². The molecule has 0 amide bonds. The molecule has 2 aromatic heterocycles. The molecule has 11 aromatic rings. The van der Waals surface area contributed by atoms with Gasteiger partial charge in [0, 0.05) is 44.7 Å². The Labute approximate surface area is 335 Å². The van der Waals surface area contributed by atoms with Crippen LogP contribution in [0.15, 0.2) is 211 Å². The molecule has 0 fully saturated rings. The number of anilines is 3. The highest BCUT2D eigenvalue weighted by molar-refractivity contribution is 6.23. The Morgan fingerprint density at radius 1 is 0.362 bits per heavy atom. The summed E-state index contributed by atoms with van der Waals surface area (Å²) in [4.78, 5) is 17.6. The summed E-state index contributed by atoms with van der Waals surface area (Å²) in [6, 6.07) is 71.6. The first kappa shape index (κ1) is 33.4. The number of aromatic nitrogens is 3. The van der Waals surface area contributed by atoms with Gasteiger partial charge in [-0.1, -0.05) is 164 Å². The fraction of sp³-hybridized carbons (Fsp3) is 0. The molecular weight excluding hydrogens is 709 g/mol. The normalized spacial score (nSPS) is 11.4. The monoisotopic (exact) mass is 742 g/mol. The molecule has 0 aliphatic carbocycles. The molecule has 0 saturated heterocycles. The van der Waals surface area contributed by atoms with Crippen LogP contribution in [0.4, 0.5) is 17.1 Å². The molecule has 0 N–H and O–H groups in total. The highest BCUT2D eigenvalue weighted by Gasteiger charge is 2.23. The molecule has 2 heterocycles. The van der Waals surface area contributed by atoms with E-state index >= 15 is 0 Å². The first-order chi connectivity index (χ1) is 28.7. The fourth-order valence-electron chi connectivity index (χ4n) is 8.11. The van der Waals surface area contributed by atoms with Crippen molar-refractivity contribution in [1.82, 2.24) is 15.0 Å². The quantitative estimate of drug-likeness (QED) is 0.163. The zero-order chi connectivity index (χ0) is 38.4. The zero-order valence-corrected chi connectivity index (χ0v) is 31.3. The molecule has 58 heavy (non-hydrogen) atoms. The van der Waals surface area contributed by atoms with E-state index in [9.17, 15) is 0 Å². The predicted octanol–water partition coefficient (Wildman–Crippen LogP) is 14.2. The van der Waals surface area contributed by atoms with Crippen molar-refractivity contribution in [3.8, 4) is 45.3 Å². The Morgan fingerprint density at radius 3 is 1.67 bits per heavy atom. The molecular formula is C53H34N4O. The largest absolute Gasteiger partial charge is 0.455 e. The van der Waals surface area contributed by atoms with Gasteiger partial charge in [-0.25, -0.2) is 15.0 Å². The first-order valence-electron chi connectivity index (χ1n) is 19.4. The van der Waals surface area contributed by atoms with Crippen molar-refractivity contribution in [1.29, 1.82) is 0 Å². The number of fused-ring (bicyclic) bond motifs is 6. The van der Waals surface area contributed by atoms with Crippen molar-refractivity contribution in [2.45, 2.75) is 0 Å².